The molecule has 0 bridgehead atoms. The summed E-state index contributed by atoms with van der Waals surface area (Å²) in [6.07, 6.45) is 2.24. The van der Waals surface area contributed by atoms with Crippen LogP contribution in [0.15, 0.2) is 24.3 Å². The molecule has 4 nitrogen and oxygen atoms in total. The van der Waals surface area contributed by atoms with E-state index >= 15 is 0 Å². The van der Waals surface area contributed by atoms with Crippen LogP contribution in [-0.2, 0) is 21.0 Å². The number of sulfone groups is 1. The van der Waals surface area contributed by atoms with Gasteiger partial charge >= 0.3 is 0 Å². The summed E-state index contributed by atoms with van der Waals surface area (Å²) in [5.41, 5.74) is 2.55. The Morgan fingerprint density at radius 1 is 1.39 bits per heavy atom. The molecule has 1 atom stereocenters. The third-order valence-electron chi connectivity index (χ3n) is 3.07. The minimum atomic E-state index is -2.89. The van der Waals surface area contributed by atoms with Crippen molar-refractivity contribution >= 4 is 9.84 Å². The minimum Gasteiger partial charge on any atom is -0.372 e. The molecular formula is C13H19NO3S. The molecule has 2 rings (SSSR count). The first-order chi connectivity index (χ1) is 8.56. The van der Waals surface area contributed by atoms with Gasteiger partial charge in [0.05, 0.1) is 18.5 Å². The minimum absolute atomic E-state index is 0.0366. The second kappa shape index (κ2) is 5.82. The first-order valence-electron chi connectivity index (χ1n) is 6.14. The zero-order valence-electron chi connectivity index (χ0n) is 10.6. The van der Waals surface area contributed by atoms with Gasteiger partial charge in [-0.15, -0.1) is 0 Å². The van der Waals surface area contributed by atoms with E-state index in [1.807, 2.05) is 12.1 Å². The molecule has 5 heteroatoms. The van der Waals surface area contributed by atoms with E-state index in [0.29, 0.717) is 13.1 Å². The molecular weight excluding hydrogens is 250 g/mol. The second-order valence-electron chi connectivity index (χ2n) is 4.64. The van der Waals surface area contributed by atoms with E-state index in [1.165, 1.54) is 17.4 Å². The highest BCUT2D eigenvalue weighted by Crippen LogP contribution is 2.25. The maximum absolute atomic E-state index is 11.0. The smallest absolute Gasteiger partial charge is 0.148 e. The highest BCUT2D eigenvalue weighted by molar-refractivity contribution is 7.90. The number of hydrogen-bond donors (Lipinski definition) is 1. The quantitative estimate of drug-likeness (QED) is 0.808. The average molecular weight is 269 g/mol. The van der Waals surface area contributed by atoms with Crippen molar-refractivity contribution in [2.45, 2.75) is 12.5 Å². The summed E-state index contributed by atoms with van der Waals surface area (Å²) in [5.74, 6) is 0.168. The van der Waals surface area contributed by atoms with Crippen LogP contribution in [0.3, 0.4) is 0 Å². The molecule has 0 spiro atoms. The fourth-order valence-corrected chi connectivity index (χ4v) is 2.65. The third kappa shape index (κ3) is 3.80. The van der Waals surface area contributed by atoms with Crippen molar-refractivity contribution < 1.29 is 13.2 Å². The Morgan fingerprint density at radius 3 is 2.94 bits per heavy atom. The molecule has 1 unspecified atom stereocenters. The Labute approximate surface area is 108 Å². The van der Waals surface area contributed by atoms with Crippen molar-refractivity contribution in [3.8, 4) is 0 Å². The van der Waals surface area contributed by atoms with E-state index < -0.39 is 9.84 Å². The lowest BCUT2D eigenvalue weighted by atomic mass is 9.98. The predicted molar refractivity (Wildman–Crippen MR) is 71.4 cm³/mol. The van der Waals surface area contributed by atoms with Crippen LogP contribution in [0.1, 0.15) is 17.2 Å². The Kier molecular flexibility index (Phi) is 4.37. The van der Waals surface area contributed by atoms with Gasteiger partial charge in [-0.3, -0.25) is 0 Å². The molecule has 0 aliphatic carbocycles. The Bertz CT molecular complexity index is 499. The van der Waals surface area contributed by atoms with E-state index in [4.69, 9.17) is 4.74 Å². The number of benzene rings is 1. The zero-order valence-corrected chi connectivity index (χ0v) is 11.4. The maximum Gasteiger partial charge on any atom is 0.148 e. The van der Waals surface area contributed by atoms with Crippen LogP contribution in [0.4, 0.5) is 0 Å². The normalized spacial score (nSPS) is 19.5. The van der Waals surface area contributed by atoms with Gasteiger partial charge in [-0.25, -0.2) is 8.42 Å². The van der Waals surface area contributed by atoms with Crippen LogP contribution >= 0.6 is 0 Å². The predicted octanol–water partition coefficient (Wildman–Crippen LogP) is 0.935. The maximum atomic E-state index is 11.0. The monoisotopic (exact) mass is 269 g/mol. The molecule has 1 N–H and O–H groups in total. The molecule has 0 fully saturated rings. The molecule has 1 aromatic rings. The molecule has 0 saturated heterocycles. The first-order valence-corrected chi connectivity index (χ1v) is 8.20. The summed E-state index contributed by atoms with van der Waals surface area (Å²) in [7, 11) is -2.89. The molecule has 0 amide bonds. The molecule has 0 radical (unpaired) electrons. The summed E-state index contributed by atoms with van der Waals surface area (Å²) >= 11 is 0. The van der Waals surface area contributed by atoms with E-state index in [0.717, 1.165) is 13.0 Å². The zero-order chi connectivity index (χ0) is 13.0. The largest absolute Gasteiger partial charge is 0.372 e. The van der Waals surface area contributed by atoms with Crippen LogP contribution in [0.5, 0.6) is 0 Å². The third-order valence-corrected chi connectivity index (χ3v) is 4.02. The lowest BCUT2D eigenvalue weighted by molar-refractivity contribution is 0.0429. The molecule has 1 heterocycles. The van der Waals surface area contributed by atoms with Gasteiger partial charge in [0.25, 0.3) is 0 Å². The van der Waals surface area contributed by atoms with Crippen molar-refractivity contribution in [1.29, 1.82) is 0 Å². The lowest BCUT2D eigenvalue weighted by Crippen LogP contribution is -2.30. The average Bonchev–Trinajstić information content (AvgIpc) is 2.33. The molecule has 100 valence electrons. The molecule has 18 heavy (non-hydrogen) atoms. The van der Waals surface area contributed by atoms with Gasteiger partial charge in [0.15, 0.2) is 0 Å². The highest BCUT2D eigenvalue weighted by atomic mass is 32.2. The lowest BCUT2D eigenvalue weighted by Gasteiger charge is -2.26. The second-order valence-corrected chi connectivity index (χ2v) is 6.90. The van der Waals surface area contributed by atoms with Gasteiger partial charge in [0.2, 0.25) is 0 Å². The van der Waals surface area contributed by atoms with E-state index in [9.17, 15) is 8.42 Å². The molecule has 1 aliphatic heterocycles. The number of rotatable bonds is 5. The van der Waals surface area contributed by atoms with Gasteiger partial charge in [0.1, 0.15) is 9.84 Å². The number of nitrogens with one attached hydrogen (secondary N) is 1. The van der Waals surface area contributed by atoms with Crippen molar-refractivity contribution in [2.75, 3.05) is 31.7 Å². The Balaban J connectivity index is 1.88. The van der Waals surface area contributed by atoms with Crippen molar-refractivity contribution in [3.63, 3.8) is 0 Å². The molecule has 1 aliphatic rings. The summed E-state index contributed by atoms with van der Waals surface area (Å²) in [4.78, 5) is 0. The number of fused-ring (bicyclic) bond motifs is 1. The van der Waals surface area contributed by atoms with E-state index in [-0.39, 0.29) is 11.9 Å². The van der Waals surface area contributed by atoms with Gasteiger partial charge in [0, 0.05) is 19.3 Å². The fourth-order valence-electron chi connectivity index (χ4n) is 2.14. The molecule has 0 aromatic heterocycles. The fraction of sp³-hybridized carbons (Fsp3) is 0.538. The van der Waals surface area contributed by atoms with Crippen LogP contribution < -0.4 is 5.32 Å². The van der Waals surface area contributed by atoms with Crippen LogP contribution in [0.25, 0.3) is 0 Å². The summed E-state index contributed by atoms with van der Waals surface area (Å²) in [5, 5.41) is 3.15. The SMILES string of the molecule is CS(=O)(=O)CCNCC1OCCc2ccccc21. The summed E-state index contributed by atoms with van der Waals surface area (Å²) in [6.45, 7) is 1.86. The van der Waals surface area contributed by atoms with Crippen molar-refractivity contribution in [3.05, 3.63) is 35.4 Å². The van der Waals surface area contributed by atoms with Gasteiger partial charge in [-0.1, -0.05) is 24.3 Å². The Morgan fingerprint density at radius 2 is 2.17 bits per heavy atom. The van der Waals surface area contributed by atoms with Gasteiger partial charge < -0.3 is 10.1 Å². The molecule has 1 aromatic carbocycles. The van der Waals surface area contributed by atoms with E-state index in [1.54, 1.807) is 0 Å². The van der Waals surface area contributed by atoms with E-state index in [2.05, 4.69) is 17.4 Å². The molecule has 0 saturated carbocycles. The van der Waals surface area contributed by atoms with Crippen LogP contribution in [0.2, 0.25) is 0 Å². The standard InChI is InChI=1S/C13H19NO3S/c1-18(15,16)9-7-14-10-13-12-5-3-2-4-11(12)6-8-17-13/h2-5,13-14H,6-10H2,1H3. The number of hydrogen-bond acceptors (Lipinski definition) is 4. The van der Waals surface area contributed by atoms with Crippen LogP contribution in [-0.4, -0.2) is 40.1 Å². The van der Waals surface area contributed by atoms with Crippen molar-refractivity contribution in [1.82, 2.24) is 5.32 Å². The van der Waals surface area contributed by atoms with Crippen molar-refractivity contribution in [2.24, 2.45) is 0 Å². The summed E-state index contributed by atoms with van der Waals surface area (Å²) in [6, 6.07) is 8.26. The Hall–Kier alpha value is -0.910. The van der Waals surface area contributed by atoms with Gasteiger partial charge in [-0.05, 0) is 17.5 Å². The number of ether oxygens (including phenoxy) is 1. The van der Waals surface area contributed by atoms with Gasteiger partial charge in [-0.2, -0.15) is 0 Å². The first kappa shape index (κ1) is 13.5. The topological polar surface area (TPSA) is 55.4 Å². The summed E-state index contributed by atoms with van der Waals surface area (Å²) < 4.78 is 27.7. The van der Waals surface area contributed by atoms with Crippen LogP contribution in [0, 0.1) is 0 Å². The highest BCUT2D eigenvalue weighted by Gasteiger charge is 2.19.